The molecule has 3 rings (SSSR count). The van der Waals surface area contributed by atoms with Crippen molar-refractivity contribution in [2.45, 2.75) is 25.9 Å². The quantitative estimate of drug-likeness (QED) is 0.943. The number of nitrogens with one attached hydrogen (secondary N) is 1. The number of nitrogens with zero attached hydrogens (tertiary/aromatic N) is 1. The fraction of sp³-hybridized carbons (Fsp3) is 0.278. The van der Waals surface area contributed by atoms with Crippen LogP contribution < -0.4 is 5.32 Å². The molecule has 1 amide bonds. The summed E-state index contributed by atoms with van der Waals surface area (Å²) in [5, 5.41) is 2.84. The minimum atomic E-state index is -0.307. The minimum Gasteiger partial charge on any atom is -0.325 e. The maximum atomic E-state index is 12.9. The lowest BCUT2D eigenvalue weighted by molar-refractivity contribution is -0.121. The van der Waals surface area contributed by atoms with E-state index >= 15 is 0 Å². The third-order valence-corrected chi connectivity index (χ3v) is 4.20. The highest BCUT2D eigenvalue weighted by Gasteiger charge is 2.25. The fourth-order valence-corrected chi connectivity index (χ4v) is 2.79. The van der Waals surface area contributed by atoms with Crippen molar-refractivity contribution in [2.75, 3.05) is 11.9 Å². The van der Waals surface area contributed by atoms with E-state index in [1.54, 1.807) is 12.1 Å². The third-order valence-electron chi connectivity index (χ3n) is 4.20. The zero-order chi connectivity index (χ0) is 15.5. The fourth-order valence-electron chi connectivity index (χ4n) is 2.79. The molecule has 0 saturated heterocycles. The van der Waals surface area contributed by atoms with Crippen molar-refractivity contribution >= 4 is 11.6 Å². The van der Waals surface area contributed by atoms with Gasteiger partial charge in [-0.2, -0.15) is 0 Å². The lowest BCUT2D eigenvalue weighted by Crippen LogP contribution is -2.44. The second kappa shape index (κ2) is 6.28. The lowest BCUT2D eigenvalue weighted by Gasteiger charge is -2.32. The van der Waals surface area contributed by atoms with E-state index < -0.39 is 0 Å². The van der Waals surface area contributed by atoms with Gasteiger partial charge in [-0.05, 0) is 48.7 Å². The van der Waals surface area contributed by atoms with Crippen LogP contribution in [-0.4, -0.2) is 23.4 Å². The van der Waals surface area contributed by atoms with E-state index in [4.69, 9.17) is 0 Å². The highest BCUT2D eigenvalue weighted by atomic mass is 19.1. The summed E-state index contributed by atoms with van der Waals surface area (Å²) in [4.78, 5) is 14.5. The first-order valence-corrected chi connectivity index (χ1v) is 7.51. The van der Waals surface area contributed by atoms with Crippen LogP contribution in [0.25, 0.3) is 0 Å². The number of benzene rings is 2. The number of fused-ring (bicyclic) bond motifs is 1. The van der Waals surface area contributed by atoms with Crippen molar-refractivity contribution in [2.24, 2.45) is 0 Å². The highest BCUT2D eigenvalue weighted by molar-refractivity contribution is 5.94. The molecule has 0 aliphatic carbocycles. The number of halogens is 1. The number of carbonyl (C=O) groups is 1. The monoisotopic (exact) mass is 298 g/mol. The van der Waals surface area contributed by atoms with Gasteiger partial charge in [0.15, 0.2) is 0 Å². The van der Waals surface area contributed by atoms with Gasteiger partial charge in [0.1, 0.15) is 5.82 Å². The van der Waals surface area contributed by atoms with Crippen LogP contribution in [0, 0.1) is 5.82 Å². The molecule has 1 N–H and O–H groups in total. The summed E-state index contributed by atoms with van der Waals surface area (Å²) in [6, 6.07) is 14.0. The molecule has 1 unspecified atom stereocenters. The van der Waals surface area contributed by atoms with Gasteiger partial charge in [0.2, 0.25) is 5.91 Å². The number of rotatable bonds is 3. The van der Waals surface area contributed by atoms with Crippen LogP contribution in [0.15, 0.2) is 48.5 Å². The Bertz CT molecular complexity index is 669. The Morgan fingerprint density at radius 2 is 1.82 bits per heavy atom. The molecule has 0 saturated carbocycles. The second-order valence-electron chi connectivity index (χ2n) is 5.66. The molecule has 1 atom stereocenters. The maximum absolute atomic E-state index is 12.9. The molecule has 114 valence electrons. The zero-order valence-corrected chi connectivity index (χ0v) is 12.6. The summed E-state index contributed by atoms with van der Waals surface area (Å²) < 4.78 is 12.9. The largest absolute Gasteiger partial charge is 0.325 e. The first kappa shape index (κ1) is 14.7. The summed E-state index contributed by atoms with van der Waals surface area (Å²) in [6.45, 7) is 3.57. The van der Waals surface area contributed by atoms with Crippen molar-refractivity contribution in [3.8, 4) is 0 Å². The Hall–Kier alpha value is -2.20. The Labute approximate surface area is 129 Å². The maximum Gasteiger partial charge on any atom is 0.241 e. The standard InChI is InChI=1S/C18H19FN2O/c1-13(18(22)20-17-8-6-16(19)7-9-17)21-11-10-14-4-2-3-5-15(14)12-21/h2-9,13H,10-12H2,1H3,(H,20,22). The molecule has 2 aromatic rings. The van der Waals surface area contributed by atoms with Gasteiger partial charge < -0.3 is 5.32 Å². The summed E-state index contributed by atoms with van der Waals surface area (Å²) >= 11 is 0. The average molecular weight is 298 g/mol. The van der Waals surface area contributed by atoms with Gasteiger partial charge in [0, 0.05) is 18.8 Å². The molecule has 22 heavy (non-hydrogen) atoms. The van der Waals surface area contributed by atoms with Gasteiger partial charge in [-0.15, -0.1) is 0 Å². The van der Waals surface area contributed by atoms with Crippen LogP contribution in [0.1, 0.15) is 18.1 Å². The van der Waals surface area contributed by atoms with Crippen molar-refractivity contribution in [1.82, 2.24) is 4.90 Å². The average Bonchev–Trinajstić information content (AvgIpc) is 2.55. The van der Waals surface area contributed by atoms with Gasteiger partial charge in [-0.1, -0.05) is 24.3 Å². The van der Waals surface area contributed by atoms with Gasteiger partial charge in [0.05, 0.1) is 6.04 Å². The molecular formula is C18H19FN2O. The van der Waals surface area contributed by atoms with Crippen LogP contribution in [0.4, 0.5) is 10.1 Å². The predicted octanol–water partition coefficient (Wildman–Crippen LogP) is 3.21. The van der Waals surface area contributed by atoms with E-state index in [0.29, 0.717) is 5.69 Å². The van der Waals surface area contributed by atoms with Crippen LogP contribution in [0.2, 0.25) is 0 Å². The molecule has 2 aromatic carbocycles. The summed E-state index contributed by atoms with van der Waals surface area (Å²) in [6.07, 6.45) is 0.963. The van der Waals surface area contributed by atoms with Crippen molar-refractivity contribution < 1.29 is 9.18 Å². The summed E-state index contributed by atoms with van der Waals surface area (Å²) in [5.74, 6) is -0.371. The van der Waals surface area contributed by atoms with E-state index in [0.717, 1.165) is 19.5 Å². The van der Waals surface area contributed by atoms with E-state index in [1.807, 2.05) is 13.0 Å². The molecule has 1 aliphatic rings. The summed E-state index contributed by atoms with van der Waals surface area (Å²) in [5.41, 5.74) is 3.27. The molecule has 0 fully saturated rings. The number of amides is 1. The SMILES string of the molecule is CC(C(=O)Nc1ccc(F)cc1)N1CCc2ccccc2C1. The van der Waals surface area contributed by atoms with Gasteiger partial charge >= 0.3 is 0 Å². The molecule has 0 radical (unpaired) electrons. The molecule has 0 spiro atoms. The molecule has 4 heteroatoms. The van der Waals surface area contributed by atoms with Gasteiger partial charge in [0.25, 0.3) is 0 Å². The van der Waals surface area contributed by atoms with Crippen LogP contribution in [-0.2, 0) is 17.8 Å². The van der Waals surface area contributed by atoms with Crippen molar-refractivity contribution in [3.63, 3.8) is 0 Å². The Kier molecular flexibility index (Phi) is 4.20. The van der Waals surface area contributed by atoms with Crippen molar-refractivity contribution in [3.05, 3.63) is 65.5 Å². The van der Waals surface area contributed by atoms with Gasteiger partial charge in [-0.3, -0.25) is 9.69 Å². The smallest absolute Gasteiger partial charge is 0.241 e. The normalized spacial score (nSPS) is 15.9. The van der Waals surface area contributed by atoms with E-state index in [9.17, 15) is 9.18 Å². The highest BCUT2D eigenvalue weighted by Crippen LogP contribution is 2.20. The van der Waals surface area contributed by atoms with Gasteiger partial charge in [-0.25, -0.2) is 4.39 Å². The zero-order valence-electron chi connectivity index (χ0n) is 12.6. The summed E-state index contributed by atoms with van der Waals surface area (Å²) in [7, 11) is 0. The third kappa shape index (κ3) is 3.17. The van der Waals surface area contributed by atoms with Crippen LogP contribution >= 0.6 is 0 Å². The predicted molar refractivity (Wildman–Crippen MR) is 85.0 cm³/mol. The van der Waals surface area contributed by atoms with E-state index in [2.05, 4.69) is 28.4 Å². The minimum absolute atomic E-state index is 0.0639. The topological polar surface area (TPSA) is 32.3 Å². The Balaban J connectivity index is 1.65. The molecule has 0 aromatic heterocycles. The van der Waals surface area contributed by atoms with Crippen LogP contribution in [0.5, 0.6) is 0 Å². The second-order valence-corrected chi connectivity index (χ2v) is 5.66. The van der Waals surface area contributed by atoms with Crippen molar-refractivity contribution in [1.29, 1.82) is 0 Å². The van der Waals surface area contributed by atoms with E-state index in [1.165, 1.54) is 23.3 Å². The Morgan fingerprint density at radius 3 is 2.55 bits per heavy atom. The first-order chi connectivity index (χ1) is 10.6. The molecule has 1 aliphatic heterocycles. The molecule has 1 heterocycles. The first-order valence-electron chi connectivity index (χ1n) is 7.51. The Morgan fingerprint density at radius 1 is 1.14 bits per heavy atom. The molecule has 3 nitrogen and oxygen atoms in total. The number of hydrogen-bond donors (Lipinski definition) is 1. The molecular weight excluding hydrogens is 279 g/mol. The number of carbonyl (C=O) groups excluding carboxylic acids is 1. The van der Waals surface area contributed by atoms with E-state index in [-0.39, 0.29) is 17.8 Å². The lowest BCUT2D eigenvalue weighted by atomic mass is 9.99. The number of hydrogen-bond acceptors (Lipinski definition) is 2. The number of anilines is 1. The molecule has 0 bridgehead atoms. The van der Waals surface area contributed by atoms with Crippen LogP contribution in [0.3, 0.4) is 0 Å².